The fourth-order valence-electron chi connectivity index (χ4n) is 1.29. The zero-order chi connectivity index (χ0) is 13.1. The van der Waals surface area contributed by atoms with E-state index in [9.17, 15) is 4.79 Å². The number of aliphatic hydroxyl groups is 1. The summed E-state index contributed by atoms with van der Waals surface area (Å²) in [4.78, 5) is 11.9. The molecule has 0 spiro atoms. The van der Waals surface area contributed by atoms with Gasteiger partial charge in [0.25, 0.3) is 5.91 Å². The van der Waals surface area contributed by atoms with Gasteiger partial charge in [0.15, 0.2) is 0 Å². The molecular weight excluding hydrogens is 220 g/mol. The van der Waals surface area contributed by atoms with Gasteiger partial charge in [0.2, 0.25) is 0 Å². The average molecular weight is 238 g/mol. The Balaban J connectivity index is 2.93. The van der Waals surface area contributed by atoms with E-state index < -0.39 is 5.54 Å². The number of carbonyl (C=O) groups is 1. The van der Waals surface area contributed by atoms with Crippen molar-refractivity contribution >= 4 is 11.6 Å². The van der Waals surface area contributed by atoms with Gasteiger partial charge in [-0.3, -0.25) is 4.79 Å². The molecule has 0 aliphatic carbocycles. The van der Waals surface area contributed by atoms with E-state index in [-0.39, 0.29) is 12.5 Å². The van der Waals surface area contributed by atoms with Crippen LogP contribution >= 0.6 is 0 Å². The van der Waals surface area contributed by atoms with Gasteiger partial charge in [-0.25, -0.2) is 0 Å². The SMILES string of the molecule is COc1cc(N)cc(C(=O)NC(C)(C)CO)c1. The molecule has 0 heterocycles. The van der Waals surface area contributed by atoms with E-state index in [1.807, 2.05) is 0 Å². The molecule has 0 bridgehead atoms. The van der Waals surface area contributed by atoms with Gasteiger partial charge in [-0.2, -0.15) is 0 Å². The van der Waals surface area contributed by atoms with Crippen molar-refractivity contribution in [1.82, 2.24) is 5.32 Å². The smallest absolute Gasteiger partial charge is 0.251 e. The van der Waals surface area contributed by atoms with Gasteiger partial charge < -0.3 is 20.9 Å². The molecule has 5 nitrogen and oxygen atoms in total. The van der Waals surface area contributed by atoms with Crippen molar-refractivity contribution < 1.29 is 14.6 Å². The van der Waals surface area contributed by atoms with Crippen LogP contribution in [0.5, 0.6) is 5.75 Å². The molecule has 0 atom stereocenters. The quantitative estimate of drug-likeness (QED) is 0.677. The van der Waals surface area contributed by atoms with Gasteiger partial charge in [-0.15, -0.1) is 0 Å². The second-order valence-corrected chi connectivity index (χ2v) is 4.49. The van der Waals surface area contributed by atoms with E-state index in [0.717, 1.165) is 0 Å². The van der Waals surface area contributed by atoms with E-state index in [4.69, 9.17) is 15.6 Å². The number of hydrogen-bond acceptors (Lipinski definition) is 4. The Morgan fingerprint density at radius 1 is 1.47 bits per heavy atom. The first-order valence-electron chi connectivity index (χ1n) is 5.26. The Bertz CT molecular complexity index is 416. The minimum Gasteiger partial charge on any atom is -0.497 e. The predicted octanol–water partition coefficient (Wildman–Crippen LogP) is 0.778. The molecular formula is C12H18N2O3. The number of hydrogen-bond donors (Lipinski definition) is 3. The van der Waals surface area contributed by atoms with Crippen LogP contribution in [0.4, 0.5) is 5.69 Å². The second-order valence-electron chi connectivity index (χ2n) is 4.49. The molecule has 5 heteroatoms. The number of benzene rings is 1. The van der Waals surface area contributed by atoms with Gasteiger partial charge in [0.05, 0.1) is 19.3 Å². The van der Waals surface area contributed by atoms with E-state index in [1.165, 1.54) is 7.11 Å². The lowest BCUT2D eigenvalue weighted by atomic mass is 10.1. The van der Waals surface area contributed by atoms with Crippen LogP contribution in [0.25, 0.3) is 0 Å². The number of rotatable bonds is 4. The van der Waals surface area contributed by atoms with Gasteiger partial charge in [-0.1, -0.05) is 0 Å². The maximum absolute atomic E-state index is 11.9. The second kappa shape index (κ2) is 5.05. The summed E-state index contributed by atoms with van der Waals surface area (Å²) in [5.41, 5.74) is 5.85. The van der Waals surface area contributed by atoms with Crippen LogP contribution < -0.4 is 15.8 Å². The number of nitrogen functional groups attached to an aromatic ring is 1. The number of amides is 1. The third kappa shape index (κ3) is 3.64. The summed E-state index contributed by atoms with van der Waals surface area (Å²) in [6, 6.07) is 4.79. The number of carbonyl (C=O) groups excluding carboxylic acids is 1. The van der Waals surface area contributed by atoms with Crippen LogP contribution in [-0.2, 0) is 0 Å². The summed E-state index contributed by atoms with van der Waals surface area (Å²) in [7, 11) is 1.51. The lowest BCUT2D eigenvalue weighted by Gasteiger charge is -2.23. The van der Waals surface area contributed by atoms with E-state index in [1.54, 1.807) is 32.0 Å². The number of aliphatic hydroxyl groups excluding tert-OH is 1. The molecule has 1 aromatic rings. The highest BCUT2D eigenvalue weighted by atomic mass is 16.5. The zero-order valence-electron chi connectivity index (χ0n) is 10.3. The number of nitrogens with two attached hydrogens (primary N) is 1. The van der Waals surface area contributed by atoms with Crippen LogP contribution in [0.2, 0.25) is 0 Å². The molecule has 1 rings (SSSR count). The molecule has 0 aliphatic heterocycles. The highest BCUT2D eigenvalue weighted by Crippen LogP contribution is 2.18. The highest BCUT2D eigenvalue weighted by Gasteiger charge is 2.20. The van der Waals surface area contributed by atoms with Gasteiger partial charge in [0.1, 0.15) is 5.75 Å². The molecule has 17 heavy (non-hydrogen) atoms. The largest absolute Gasteiger partial charge is 0.497 e. The third-order valence-electron chi connectivity index (χ3n) is 2.27. The molecule has 0 fully saturated rings. The molecule has 94 valence electrons. The van der Waals surface area contributed by atoms with Crippen LogP contribution in [0.3, 0.4) is 0 Å². The first-order chi connectivity index (χ1) is 7.88. The summed E-state index contributed by atoms with van der Waals surface area (Å²) in [5, 5.41) is 11.8. The molecule has 0 aromatic heterocycles. The van der Waals surface area contributed by atoms with Crippen molar-refractivity contribution in [1.29, 1.82) is 0 Å². The summed E-state index contributed by atoms with van der Waals surface area (Å²) in [5.74, 6) is 0.228. The minimum atomic E-state index is -0.672. The fourth-order valence-corrected chi connectivity index (χ4v) is 1.29. The van der Waals surface area contributed by atoms with E-state index in [0.29, 0.717) is 17.0 Å². The average Bonchev–Trinajstić information content (AvgIpc) is 2.27. The van der Waals surface area contributed by atoms with Crippen molar-refractivity contribution in [2.45, 2.75) is 19.4 Å². The first kappa shape index (κ1) is 13.3. The monoisotopic (exact) mass is 238 g/mol. The van der Waals surface area contributed by atoms with Crippen LogP contribution in [0.1, 0.15) is 24.2 Å². The van der Waals surface area contributed by atoms with Crippen molar-refractivity contribution in [3.05, 3.63) is 23.8 Å². The summed E-state index contributed by atoms with van der Waals surface area (Å²) < 4.78 is 5.03. The molecule has 0 unspecified atom stereocenters. The molecule has 0 aliphatic rings. The maximum Gasteiger partial charge on any atom is 0.251 e. The maximum atomic E-state index is 11.9. The number of ether oxygens (including phenoxy) is 1. The van der Waals surface area contributed by atoms with Gasteiger partial charge >= 0.3 is 0 Å². The van der Waals surface area contributed by atoms with E-state index in [2.05, 4.69) is 5.32 Å². The Labute approximate surface area is 101 Å². The summed E-state index contributed by atoms with van der Waals surface area (Å²) in [6.45, 7) is 3.32. The Morgan fingerprint density at radius 3 is 2.65 bits per heavy atom. The zero-order valence-corrected chi connectivity index (χ0v) is 10.3. The Hall–Kier alpha value is -1.75. The van der Waals surface area contributed by atoms with Crippen molar-refractivity contribution in [2.75, 3.05) is 19.5 Å². The number of anilines is 1. The lowest BCUT2D eigenvalue weighted by molar-refractivity contribution is 0.0869. The number of methoxy groups -OCH3 is 1. The first-order valence-corrected chi connectivity index (χ1v) is 5.26. The molecule has 0 radical (unpaired) electrons. The minimum absolute atomic E-state index is 0.141. The lowest BCUT2D eigenvalue weighted by Crippen LogP contribution is -2.46. The van der Waals surface area contributed by atoms with Gasteiger partial charge in [0, 0.05) is 17.3 Å². The standard InChI is InChI=1S/C12H18N2O3/c1-12(2,7-15)14-11(16)8-4-9(13)6-10(5-8)17-3/h4-6,15H,7,13H2,1-3H3,(H,14,16). The molecule has 0 saturated heterocycles. The highest BCUT2D eigenvalue weighted by molar-refractivity contribution is 5.96. The molecule has 0 saturated carbocycles. The predicted molar refractivity (Wildman–Crippen MR) is 66.0 cm³/mol. The molecule has 1 amide bonds. The Morgan fingerprint density at radius 2 is 2.12 bits per heavy atom. The number of nitrogens with one attached hydrogen (secondary N) is 1. The van der Waals surface area contributed by atoms with Crippen molar-refractivity contribution in [3.8, 4) is 5.75 Å². The fraction of sp³-hybridized carbons (Fsp3) is 0.417. The van der Waals surface area contributed by atoms with E-state index >= 15 is 0 Å². The summed E-state index contributed by atoms with van der Waals surface area (Å²) >= 11 is 0. The van der Waals surface area contributed by atoms with Gasteiger partial charge in [-0.05, 0) is 26.0 Å². The normalized spacial score (nSPS) is 11.1. The molecule has 4 N–H and O–H groups in total. The van der Waals surface area contributed by atoms with Crippen LogP contribution in [-0.4, -0.2) is 30.3 Å². The van der Waals surface area contributed by atoms with Crippen molar-refractivity contribution in [2.24, 2.45) is 0 Å². The summed E-state index contributed by atoms with van der Waals surface area (Å²) in [6.07, 6.45) is 0. The third-order valence-corrected chi connectivity index (χ3v) is 2.27. The Kier molecular flexibility index (Phi) is 3.96. The topological polar surface area (TPSA) is 84.6 Å². The van der Waals surface area contributed by atoms with Crippen LogP contribution in [0, 0.1) is 0 Å². The van der Waals surface area contributed by atoms with Crippen LogP contribution in [0.15, 0.2) is 18.2 Å². The molecule has 1 aromatic carbocycles. The van der Waals surface area contributed by atoms with Crippen molar-refractivity contribution in [3.63, 3.8) is 0 Å².